The minimum atomic E-state index is 0.436. The summed E-state index contributed by atoms with van der Waals surface area (Å²) in [6.45, 7) is 5.38. The van der Waals surface area contributed by atoms with E-state index in [1.165, 1.54) is 32.1 Å². The zero-order chi connectivity index (χ0) is 11.3. The zero-order valence-corrected chi connectivity index (χ0v) is 11.1. The zero-order valence-electron chi connectivity index (χ0n) is 10.3. The Labute approximate surface area is 99.4 Å². The van der Waals surface area contributed by atoms with Gasteiger partial charge in [-0.3, -0.25) is 0 Å². The molecule has 0 saturated heterocycles. The molecule has 0 aromatic carbocycles. The molecule has 15 heavy (non-hydrogen) atoms. The molecule has 1 fully saturated rings. The molecular formula is C12H24N2S. The summed E-state index contributed by atoms with van der Waals surface area (Å²) in [6.07, 6.45) is 7.00. The highest BCUT2D eigenvalue weighted by molar-refractivity contribution is 7.80. The van der Waals surface area contributed by atoms with E-state index < -0.39 is 0 Å². The van der Waals surface area contributed by atoms with Gasteiger partial charge in [-0.1, -0.05) is 19.3 Å². The van der Waals surface area contributed by atoms with Gasteiger partial charge in [0.25, 0.3) is 0 Å². The van der Waals surface area contributed by atoms with E-state index in [0.717, 1.165) is 17.6 Å². The Bertz CT molecular complexity index is 198. The molecule has 0 unspecified atom stereocenters. The van der Waals surface area contributed by atoms with Crippen molar-refractivity contribution in [2.45, 2.75) is 52.0 Å². The predicted octanol–water partition coefficient (Wildman–Crippen LogP) is 2.78. The Morgan fingerprint density at radius 1 is 1.33 bits per heavy atom. The first kappa shape index (κ1) is 12.8. The molecule has 1 saturated carbocycles. The Hall–Kier alpha value is -0.310. The summed E-state index contributed by atoms with van der Waals surface area (Å²) in [5.41, 5.74) is 0. The average molecular weight is 228 g/mol. The van der Waals surface area contributed by atoms with E-state index in [-0.39, 0.29) is 0 Å². The van der Waals surface area contributed by atoms with E-state index in [9.17, 15) is 0 Å². The van der Waals surface area contributed by atoms with Gasteiger partial charge in [0.05, 0.1) is 0 Å². The molecule has 0 spiro atoms. The van der Waals surface area contributed by atoms with Gasteiger partial charge in [0.1, 0.15) is 0 Å². The number of thiocarbonyl (C=S) groups is 1. The number of hydrogen-bond donors (Lipinski definition) is 1. The first-order chi connectivity index (χ1) is 7.09. The van der Waals surface area contributed by atoms with Gasteiger partial charge in [-0.25, -0.2) is 0 Å². The van der Waals surface area contributed by atoms with Crippen LogP contribution in [-0.4, -0.2) is 29.6 Å². The van der Waals surface area contributed by atoms with Crippen LogP contribution in [0.15, 0.2) is 0 Å². The topological polar surface area (TPSA) is 15.3 Å². The molecule has 0 aromatic rings. The standard InChI is InChI=1S/C12H24N2S/c1-10(2)13-12(15)14(3)9-11-7-5-4-6-8-11/h10-11H,4-9H2,1-3H3,(H,13,15). The SMILES string of the molecule is CC(C)NC(=S)N(C)CC1CCCCC1. The first-order valence-electron chi connectivity index (χ1n) is 6.11. The molecule has 88 valence electrons. The average Bonchev–Trinajstić information content (AvgIpc) is 2.18. The monoisotopic (exact) mass is 228 g/mol. The third-order valence-electron chi connectivity index (χ3n) is 3.02. The van der Waals surface area contributed by atoms with E-state index in [1.54, 1.807) is 0 Å². The first-order valence-corrected chi connectivity index (χ1v) is 6.52. The third-order valence-corrected chi connectivity index (χ3v) is 3.45. The van der Waals surface area contributed by atoms with Crippen LogP contribution in [0.25, 0.3) is 0 Å². The highest BCUT2D eigenvalue weighted by atomic mass is 32.1. The summed E-state index contributed by atoms with van der Waals surface area (Å²) in [6, 6.07) is 0.436. The van der Waals surface area contributed by atoms with Crippen molar-refractivity contribution in [2.24, 2.45) is 5.92 Å². The summed E-state index contributed by atoms with van der Waals surface area (Å²) < 4.78 is 0. The molecule has 0 atom stereocenters. The van der Waals surface area contributed by atoms with E-state index in [2.05, 4.69) is 31.1 Å². The van der Waals surface area contributed by atoms with Gasteiger partial charge in [-0.2, -0.15) is 0 Å². The van der Waals surface area contributed by atoms with Crippen LogP contribution < -0.4 is 5.32 Å². The molecule has 2 nitrogen and oxygen atoms in total. The molecule has 0 aliphatic heterocycles. The second-order valence-electron chi connectivity index (χ2n) is 4.99. The number of hydrogen-bond acceptors (Lipinski definition) is 1. The summed E-state index contributed by atoms with van der Waals surface area (Å²) >= 11 is 5.34. The maximum Gasteiger partial charge on any atom is 0.168 e. The highest BCUT2D eigenvalue weighted by Gasteiger charge is 2.16. The lowest BCUT2D eigenvalue weighted by Crippen LogP contribution is -2.42. The fourth-order valence-electron chi connectivity index (χ4n) is 2.20. The van der Waals surface area contributed by atoms with E-state index in [4.69, 9.17) is 12.2 Å². The largest absolute Gasteiger partial charge is 0.360 e. The molecule has 1 rings (SSSR count). The maximum atomic E-state index is 5.34. The molecule has 0 aromatic heterocycles. The fourth-order valence-corrected chi connectivity index (χ4v) is 2.51. The minimum Gasteiger partial charge on any atom is -0.360 e. The van der Waals surface area contributed by atoms with Crippen molar-refractivity contribution in [3.8, 4) is 0 Å². The molecular weight excluding hydrogens is 204 g/mol. The maximum absolute atomic E-state index is 5.34. The normalized spacial score (nSPS) is 17.9. The van der Waals surface area contributed by atoms with Crippen LogP contribution in [0.5, 0.6) is 0 Å². The van der Waals surface area contributed by atoms with Crippen LogP contribution in [0.4, 0.5) is 0 Å². The quantitative estimate of drug-likeness (QED) is 0.748. The van der Waals surface area contributed by atoms with Crippen molar-refractivity contribution in [2.75, 3.05) is 13.6 Å². The number of nitrogens with zero attached hydrogens (tertiary/aromatic N) is 1. The lowest BCUT2D eigenvalue weighted by atomic mass is 9.89. The van der Waals surface area contributed by atoms with E-state index >= 15 is 0 Å². The molecule has 3 heteroatoms. The van der Waals surface area contributed by atoms with Crippen LogP contribution in [0.2, 0.25) is 0 Å². The van der Waals surface area contributed by atoms with Crippen molar-refractivity contribution in [1.82, 2.24) is 10.2 Å². The molecule has 0 heterocycles. The predicted molar refractivity (Wildman–Crippen MR) is 70.1 cm³/mol. The summed E-state index contributed by atoms with van der Waals surface area (Å²) in [5.74, 6) is 0.857. The summed E-state index contributed by atoms with van der Waals surface area (Å²) in [5, 5.41) is 4.19. The molecule has 0 radical (unpaired) electrons. The Kier molecular flexibility index (Phi) is 5.37. The van der Waals surface area contributed by atoms with Gasteiger partial charge in [0.2, 0.25) is 0 Å². The Balaban J connectivity index is 2.26. The summed E-state index contributed by atoms with van der Waals surface area (Å²) in [4.78, 5) is 2.20. The van der Waals surface area contributed by atoms with Crippen molar-refractivity contribution < 1.29 is 0 Å². The van der Waals surface area contributed by atoms with Crippen molar-refractivity contribution in [3.63, 3.8) is 0 Å². The number of nitrogens with one attached hydrogen (secondary N) is 1. The van der Waals surface area contributed by atoms with Gasteiger partial charge >= 0.3 is 0 Å². The molecule has 1 aliphatic carbocycles. The van der Waals surface area contributed by atoms with Crippen LogP contribution >= 0.6 is 12.2 Å². The Morgan fingerprint density at radius 3 is 2.47 bits per heavy atom. The molecule has 0 bridgehead atoms. The van der Waals surface area contributed by atoms with Gasteiger partial charge < -0.3 is 10.2 Å². The number of rotatable bonds is 3. The second-order valence-corrected chi connectivity index (χ2v) is 5.38. The lowest BCUT2D eigenvalue weighted by molar-refractivity contribution is 0.294. The van der Waals surface area contributed by atoms with E-state index in [0.29, 0.717) is 6.04 Å². The van der Waals surface area contributed by atoms with Gasteiger partial charge in [0, 0.05) is 19.6 Å². The van der Waals surface area contributed by atoms with E-state index in [1.807, 2.05) is 0 Å². The van der Waals surface area contributed by atoms with Gasteiger partial charge in [-0.05, 0) is 44.8 Å². The lowest BCUT2D eigenvalue weighted by Gasteiger charge is -2.29. The van der Waals surface area contributed by atoms with Crippen molar-refractivity contribution in [3.05, 3.63) is 0 Å². The van der Waals surface area contributed by atoms with Gasteiger partial charge in [0.15, 0.2) is 5.11 Å². The minimum absolute atomic E-state index is 0.436. The summed E-state index contributed by atoms with van der Waals surface area (Å²) in [7, 11) is 2.10. The molecule has 1 N–H and O–H groups in total. The van der Waals surface area contributed by atoms with Gasteiger partial charge in [-0.15, -0.1) is 0 Å². The van der Waals surface area contributed by atoms with Crippen molar-refractivity contribution >= 4 is 17.3 Å². The smallest absolute Gasteiger partial charge is 0.168 e. The third kappa shape index (κ3) is 4.83. The Morgan fingerprint density at radius 2 is 1.93 bits per heavy atom. The van der Waals surface area contributed by atoms with Crippen molar-refractivity contribution in [1.29, 1.82) is 0 Å². The van der Waals surface area contributed by atoms with Crippen LogP contribution in [0.3, 0.4) is 0 Å². The molecule has 1 aliphatic rings. The highest BCUT2D eigenvalue weighted by Crippen LogP contribution is 2.24. The van der Waals surface area contributed by atoms with Crippen LogP contribution in [0, 0.1) is 5.92 Å². The fraction of sp³-hybridized carbons (Fsp3) is 0.917. The van der Waals surface area contributed by atoms with Crippen LogP contribution in [0.1, 0.15) is 46.0 Å². The second kappa shape index (κ2) is 6.31. The molecule has 0 amide bonds. The van der Waals surface area contributed by atoms with Crippen LogP contribution in [-0.2, 0) is 0 Å².